The summed E-state index contributed by atoms with van der Waals surface area (Å²) in [5.74, 6) is -0.999. The first-order valence-corrected chi connectivity index (χ1v) is 10.6. The Morgan fingerprint density at radius 3 is 1.86 bits per heavy atom. The lowest BCUT2D eigenvalue weighted by Gasteiger charge is -2.34. The maximum Gasteiger partial charge on any atom is 0.269 e. The number of benzene rings is 2. The summed E-state index contributed by atoms with van der Waals surface area (Å²) in [4.78, 5) is 24.3. The summed E-state index contributed by atoms with van der Waals surface area (Å²) in [5, 5.41) is 0. The summed E-state index contributed by atoms with van der Waals surface area (Å²) in [5.41, 5.74) is 5.27. The smallest absolute Gasteiger partial charge is 0.269 e. The van der Waals surface area contributed by atoms with Crippen LogP contribution in [0, 0.1) is 0 Å². The van der Waals surface area contributed by atoms with Crippen LogP contribution >= 0.6 is 0 Å². The number of sulfonamides is 1. The molecule has 1 aliphatic rings. The molecular formula is C20H23N3O5S. The number of hydrogen-bond donors (Lipinski definition) is 2. The van der Waals surface area contributed by atoms with E-state index >= 15 is 0 Å². The maximum atomic E-state index is 12.8. The lowest BCUT2D eigenvalue weighted by atomic mass is 10.2. The fourth-order valence-corrected chi connectivity index (χ4v) is 4.69. The van der Waals surface area contributed by atoms with Crippen molar-refractivity contribution >= 4 is 21.8 Å². The average Bonchev–Trinajstić information content (AvgIpc) is 2.71. The predicted octanol–water partition coefficient (Wildman–Crippen LogP) is 1.56. The van der Waals surface area contributed by atoms with Crippen molar-refractivity contribution in [1.29, 1.82) is 0 Å². The molecule has 1 fully saturated rings. The van der Waals surface area contributed by atoms with Crippen LogP contribution in [-0.4, -0.2) is 49.8 Å². The van der Waals surface area contributed by atoms with E-state index in [-0.39, 0.29) is 35.8 Å². The van der Waals surface area contributed by atoms with Gasteiger partial charge in [-0.2, -0.15) is 4.31 Å². The van der Waals surface area contributed by atoms with Crippen molar-refractivity contribution in [3.8, 4) is 0 Å². The van der Waals surface area contributed by atoms with Gasteiger partial charge in [0.25, 0.3) is 11.8 Å². The largest absolute Gasteiger partial charge is 0.373 e. The van der Waals surface area contributed by atoms with Crippen LogP contribution in [0.1, 0.15) is 34.6 Å². The highest BCUT2D eigenvalue weighted by Gasteiger charge is 2.32. The normalized spacial score (nSPS) is 20.1. The number of carbonyl (C=O) groups is 2. The van der Waals surface area contributed by atoms with E-state index in [1.807, 2.05) is 13.8 Å². The number of morpholine rings is 1. The zero-order chi connectivity index (χ0) is 21.0. The lowest BCUT2D eigenvalue weighted by Crippen LogP contribution is -2.48. The molecule has 154 valence electrons. The van der Waals surface area contributed by atoms with E-state index in [1.54, 1.807) is 30.3 Å². The van der Waals surface area contributed by atoms with Gasteiger partial charge in [-0.3, -0.25) is 20.4 Å². The molecule has 2 atom stereocenters. The summed E-state index contributed by atoms with van der Waals surface area (Å²) < 4.78 is 32.7. The Morgan fingerprint density at radius 1 is 0.862 bits per heavy atom. The molecular weight excluding hydrogens is 394 g/mol. The average molecular weight is 417 g/mol. The molecule has 8 nitrogen and oxygen atoms in total. The molecule has 2 amide bonds. The highest BCUT2D eigenvalue weighted by Crippen LogP contribution is 2.21. The van der Waals surface area contributed by atoms with Crippen LogP contribution in [0.2, 0.25) is 0 Å². The van der Waals surface area contributed by atoms with Crippen molar-refractivity contribution in [2.24, 2.45) is 0 Å². The molecule has 0 saturated carbocycles. The van der Waals surface area contributed by atoms with Gasteiger partial charge in [0.15, 0.2) is 0 Å². The van der Waals surface area contributed by atoms with Crippen LogP contribution in [-0.2, 0) is 14.8 Å². The Balaban J connectivity index is 1.64. The molecule has 0 bridgehead atoms. The van der Waals surface area contributed by atoms with E-state index in [1.165, 1.54) is 28.6 Å². The Bertz CT molecular complexity index is 967. The van der Waals surface area contributed by atoms with E-state index in [2.05, 4.69) is 10.9 Å². The first-order valence-electron chi connectivity index (χ1n) is 9.19. The molecule has 1 saturated heterocycles. The van der Waals surface area contributed by atoms with Crippen molar-refractivity contribution in [2.45, 2.75) is 31.0 Å². The molecule has 29 heavy (non-hydrogen) atoms. The lowest BCUT2D eigenvalue weighted by molar-refractivity contribution is -0.0440. The number of amides is 2. The highest BCUT2D eigenvalue weighted by molar-refractivity contribution is 7.89. The van der Waals surface area contributed by atoms with Gasteiger partial charge in [0, 0.05) is 24.2 Å². The Morgan fingerprint density at radius 2 is 1.34 bits per heavy atom. The number of hydrazine groups is 1. The molecule has 1 aliphatic heterocycles. The number of nitrogens with one attached hydrogen (secondary N) is 2. The van der Waals surface area contributed by atoms with E-state index in [0.29, 0.717) is 5.56 Å². The quantitative estimate of drug-likeness (QED) is 0.735. The standard InChI is InChI=1S/C20H23N3O5S/c1-14-12-23(13-15(2)28-14)29(26,27)18-10-8-17(9-11-18)20(25)22-21-19(24)16-6-4-3-5-7-16/h3-11,14-15H,12-13H2,1-2H3,(H,21,24)(H,22,25)/t14-,15-/m0/s1. The van der Waals surface area contributed by atoms with Gasteiger partial charge in [-0.25, -0.2) is 8.42 Å². The molecule has 0 spiro atoms. The molecule has 0 unspecified atom stereocenters. The van der Waals surface area contributed by atoms with Crippen molar-refractivity contribution < 1.29 is 22.7 Å². The molecule has 2 aromatic carbocycles. The molecule has 9 heteroatoms. The number of rotatable bonds is 4. The third kappa shape index (κ3) is 5.00. The van der Waals surface area contributed by atoms with Gasteiger partial charge in [0.2, 0.25) is 10.0 Å². The molecule has 2 N–H and O–H groups in total. The summed E-state index contributed by atoms with van der Waals surface area (Å²) in [6, 6.07) is 14.0. The van der Waals surface area contributed by atoms with E-state index < -0.39 is 21.8 Å². The zero-order valence-corrected chi connectivity index (χ0v) is 17.0. The van der Waals surface area contributed by atoms with Crippen LogP contribution in [0.5, 0.6) is 0 Å². The third-order valence-electron chi connectivity index (χ3n) is 4.47. The van der Waals surface area contributed by atoms with Gasteiger partial charge in [0.05, 0.1) is 17.1 Å². The molecule has 2 aromatic rings. The Kier molecular flexibility index (Phi) is 6.31. The summed E-state index contributed by atoms with van der Waals surface area (Å²) in [6.07, 6.45) is -0.376. The second-order valence-electron chi connectivity index (χ2n) is 6.88. The van der Waals surface area contributed by atoms with Crippen molar-refractivity contribution in [1.82, 2.24) is 15.2 Å². The molecule has 3 rings (SSSR count). The SMILES string of the molecule is C[C@H]1CN(S(=O)(=O)c2ccc(C(=O)NNC(=O)c3ccccc3)cc2)C[C@H](C)O1. The van der Waals surface area contributed by atoms with Crippen LogP contribution in [0.15, 0.2) is 59.5 Å². The first kappa shape index (κ1) is 21.0. The van der Waals surface area contributed by atoms with Gasteiger partial charge in [-0.1, -0.05) is 18.2 Å². The minimum atomic E-state index is -3.68. The minimum Gasteiger partial charge on any atom is -0.373 e. The van der Waals surface area contributed by atoms with Crippen LogP contribution in [0.4, 0.5) is 0 Å². The molecule has 0 radical (unpaired) electrons. The Hall–Kier alpha value is -2.75. The second-order valence-corrected chi connectivity index (χ2v) is 8.82. The van der Waals surface area contributed by atoms with Gasteiger partial charge in [-0.05, 0) is 50.2 Å². The van der Waals surface area contributed by atoms with Gasteiger partial charge < -0.3 is 4.74 Å². The van der Waals surface area contributed by atoms with Crippen LogP contribution in [0.3, 0.4) is 0 Å². The number of ether oxygens (including phenoxy) is 1. The van der Waals surface area contributed by atoms with Crippen molar-refractivity contribution in [3.05, 3.63) is 65.7 Å². The van der Waals surface area contributed by atoms with Crippen LogP contribution in [0.25, 0.3) is 0 Å². The van der Waals surface area contributed by atoms with Crippen molar-refractivity contribution in [3.63, 3.8) is 0 Å². The van der Waals surface area contributed by atoms with Crippen molar-refractivity contribution in [2.75, 3.05) is 13.1 Å². The first-order chi connectivity index (χ1) is 13.8. The van der Waals surface area contributed by atoms with E-state index in [0.717, 1.165) is 0 Å². The molecule has 0 aromatic heterocycles. The zero-order valence-electron chi connectivity index (χ0n) is 16.2. The van der Waals surface area contributed by atoms with Gasteiger partial charge in [0.1, 0.15) is 0 Å². The molecule has 0 aliphatic carbocycles. The second kappa shape index (κ2) is 8.73. The summed E-state index contributed by atoms with van der Waals surface area (Å²) >= 11 is 0. The molecule has 1 heterocycles. The predicted molar refractivity (Wildman–Crippen MR) is 107 cm³/mol. The summed E-state index contributed by atoms with van der Waals surface area (Å²) in [7, 11) is -3.68. The monoisotopic (exact) mass is 417 g/mol. The highest BCUT2D eigenvalue weighted by atomic mass is 32.2. The topological polar surface area (TPSA) is 105 Å². The summed E-state index contributed by atoms with van der Waals surface area (Å²) in [6.45, 7) is 4.21. The van der Waals surface area contributed by atoms with Gasteiger partial charge in [-0.15, -0.1) is 0 Å². The minimum absolute atomic E-state index is 0.101. The van der Waals surface area contributed by atoms with Crippen LogP contribution < -0.4 is 10.9 Å². The number of hydrogen-bond acceptors (Lipinski definition) is 5. The van der Waals surface area contributed by atoms with E-state index in [9.17, 15) is 18.0 Å². The number of carbonyl (C=O) groups excluding carboxylic acids is 2. The maximum absolute atomic E-state index is 12.8. The fraction of sp³-hybridized carbons (Fsp3) is 0.300. The third-order valence-corrected chi connectivity index (χ3v) is 6.31. The fourth-order valence-electron chi connectivity index (χ4n) is 3.10. The number of nitrogens with zero attached hydrogens (tertiary/aromatic N) is 1. The van der Waals surface area contributed by atoms with Gasteiger partial charge >= 0.3 is 0 Å². The Labute approximate surface area is 169 Å². The van der Waals surface area contributed by atoms with E-state index in [4.69, 9.17) is 4.74 Å².